The largest absolute Gasteiger partial charge is 0.497 e. The zero-order valence-corrected chi connectivity index (χ0v) is 18.4. The SMILES string of the molecule is COc1cccc(-c2nc(C(=O)NCCCCCC(=O)NO)cc3c2[nH]c2ccccc23)c1. The van der Waals surface area contributed by atoms with Gasteiger partial charge in [0.1, 0.15) is 11.4 Å². The van der Waals surface area contributed by atoms with Crippen LogP contribution in [0.25, 0.3) is 33.1 Å². The summed E-state index contributed by atoms with van der Waals surface area (Å²) in [5.41, 5.74) is 5.33. The molecule has 4 N–H and O–H groups in total. The van der Waals surface area contributed by atoms with E-state index in [0.717, 1.165) is 40.2 Å². The van der Waals surface area contributed by atoms with Crippen LogP contribution in [0.4, 0.5) is 0 Å². The van der Waals surface area contributed by atoms with Gasteiger partial charge in [0.15, 0.2) is 0 Å². The molecule has 8 nitrogen and oxygen atoms in total. The molecule has 170 valence electrons. The number of hydrogen-bond donors (Lipinski definition) is 4. The quantitative estimate of drug-likeness (QED) is 0.175. The summed E-state index contributed by atoms with van der Waals surface area (Å²) in [6.07, 6.45) is 2.38. The number of para-hydroxylation sites is 1. The molecule has 0 fully saturated rings. The van der Waals surface area contributed by atoms with Gasteiger partial charge in [0.2, 0.25) is 5.91 Å². The van der Waals surface area contributed by atoms with Crippen molar-refractivity contribution in [3.8, 4) is 17.0 Å². The highest BCUT2D eigenvalue weighted by Crippen LogP contribution is 2.33. The van der Waals surface area contributed by atoms with Crippen molar-refractivity contribution in [1.82, 2.24) is 20.8 Å². The number of aromatic amines is 1. The molecule has 0 bridgehead atoms. The van der Waals surface area contributed by atoms with Gasteiger partial charge in [-0.05, 0) is 37.1 Å². The molecule has 2 aromatic heterocycles. The molecule has 2 heterocycles. The minimum absolute atomic E-state index is 0.251. The van der Waals surface area contributed by atoms with Gasteiger partial charge in [-0.25, -0.2) is 10.5 Å². The number of carbonyl (C=O) groups excluding carboxylic acids is 2. The minimum Gasteiger partial charge on any atom is -0.497 e. The molecule has 33 heavy (non-hydrogen) atoms. The van der Waals surface area contributed by atoms with Crippen LogP contribution in [0.1, 0.15) is 36.2 Å². The van der Waals surface area contributed by atoms with E-state index in [1.807, 2.05) is 54.6 Å². The maximum Gasteiger partial charge on any atom is 0.269 e. The lowest BCUT2D eigenvalue weighted by Crippen LogP contribution is -2.25. The standard InChI is InChI=1S/C25H26N4O4/c1-33-17-9-7-8-16(14-17)23-24-19(18-10-4-5-11-20(18)27-24)15-21(28-23)25(31)26-13-6-2-3-12-22(30)29-32/h4-5,7-11,14-15,27,32H,2-3,6,12-13H2,1H3,(H,26,31)(H,29,30). The van der Waals surface area contributed by atoms with Gasteiger partial charge in [0.05, 0.1) is 18.3 Å². The fourth-order valence-electron chi connectivity index (χ4n) is 3.88. The molecular formula is C25H26N4O4. The lowest BCUT2D eigenvalue weighted by atomic mass is 10.1. The molecule has 8 heteroatoms. The van der Waals surface area contributed by atoms with Gasteiger partial charge in [-0.3, -0.25) is 14.8 Å². The molecule has 0 aliphatic rings. The highest BCUT2D eigenvalue weighted by molar-refractivity contribution is 6.13. The Labute approximate surface area is 190 Å². The topological polar surface area (TPSA) is 116 Å². The summed E-state index contributed by atoms with van der Waals surface area (Å²) in [6.45, 7) is 0.474. The van der Waals surface area contributed by atoms with Crippen molar-refractivity contribution in [3.63, 3.8) is 0 Å². The van der Waals surface area contributed by atoms with E-state index < -0.39 is 5.91 Å². The van der Waals surface area contributed by atoms with Crippen molar-refractivity contribution in [2.75, 3.05) is 13.7 Å². The molecule has 2 aromatic carbocycles. The monoisotopic (exact) mass is 446 g/mol. The van der Waals surface area contributed by atoms with Gasteiger partial charge in [-0.2, -0.15) is 0 Å². The molecular weight excluding hydrogens is 420 g/mol. The van der Waals surface area contributed by atoms with Crippen LogP contribution < -0.4 is 15.5 Å². The van der Waals surface area contributed by atoms with Crippen molar-refractivity contribution >= 4 is 33.6 Å². The van der Waals surface area contributed by atoms with Gasteiger partial charge >= 0.3 is 0 Å². The normalized spacial score (nSPS) is 11.0. The van der Waals surface area contributed by atoms with Crippen LogP contribution in [0.3, 0.4) is 0 Å². The number of fused-ring (bicyclic) bond motifs is 3. The first kappa shape index (κ1) is 22.3. The summed E-state index contributed by atoms with van der Waals surface area (Å²) in [6, 6.07) is 17.4. The number of benzene rings is 2. The molecule has 4 rings (SSSR count). The molecule has 0 saturated heterocycles. The van der Waals surface area contributed by atoms with E-state index >= 15 is 0 Å². The van der Waals surface area contributed by atoms with Crippen LogP contribution in [-0.2, 0) is 4.79 Å². The molecule has 2 amide bonds. The first-order valence-electron chi connectivity index (χ1n) is 10.9. The lowest BCUT2D eigenvalue weighted by molar-refractivity contribution is -0.129. The molecule has 0 spiro atoms. The van der Waals surface area contributed by atoms with Crippen LogP contribution in [0.2, 0.25) is 0 Å². The fourth-order valence-corrected chi connectivity index (χ4v) is 3.88. The average molecular weight is 447 g/mol. The van der Waals surface area contributed by atoms with Crippen molar-refractivity contribution < 1.29 is 19.5 Å². The first-order valence-corrected chi connectivity index (χ1v) is 10.9. The van der Waals surface area contributed by atoms with E-state index in [4.69, 9.17) is 14.9 Å². The summed E-state index contributed by atoms with van der Waals surface area (Å²) in [5, 5.41) is 13.4. The van der Waals surface area contributed by atoms with Gasteiger partial charge in [-0.1, -0.05) is 36.8 Å². The van der Waals surface area contributed by atoms with Gasteiger partial charge in [-0.15, -0.1) is 0 Å². The number of hydrogen-bond acceptors (Lipinski definition) is 5. The molecule has 0 atom stereocenters. The van der Waals surface area contributed by atoms with Crippen molar-refractivity contribution in [2.24, 2.45) is 0 Å². The molecule has 0 saturated carbocycles. The highest BCUT2D eigenvalue weighted by Gasteiger charge is 2.17. The molecule has 0 aliphatic carbocycles. The van der Waals surface area contributed by atoms with Crippen LogP contribution in [-0.4, -0.2) is 40.6 Å². The number of unbranched alkanes of at least 4 members (excludes halogenated alkanes) is 2. The van der Waals surface area contributed by atoms with E-state index in [0.29, 0.717) is 30.1 Å². The van der Waals surface area contributed by atoms with Crippen molar-refractivity contribution in [2.45, 2.75) is 25.7 Å². The Morgan fingerprint density at radius 2 is 1.88 bits per heavy atom. The highest BCUT2D eigenvalue weighted by atomic mass is 16.5. The third kappa shape index (κ3) is 4.96. The number of hydroxylamine groups is 1. The van der Waals surface area contributed by atoms with E-state index in [2.05, 4.69) is 10.3 Å². The number of pyridine rings is 1. The van der Waals surface area contributed by atoms with Gasteiger partial charge < -0.3 is 15.0 Å². The van der Waals surface area contributed by atoms with E-state index in [1.165, 1.54) is 0 Å². The van der Waals surface area contributed by atoms with Gasteiger partial charge in [0, 0.05) is 34.8 Å². The second-order valence-electron chi connectivity index (χ2n) is 7.78. The third-order valence-electron chi connectivity index (χ3n) is 5.56. The maximum atomic E-state index is 12.9. The summed E-state index contributed by atoms with van der Waals surface area (Å²) >= 11 is 0. The van der Waals surface area contributed by atoms with E-state index in [9.17, 15) is 9.59 Å². The average Bonchev–Trinajstić information content (AvgIpc) is 3.23. The Balaban J connectivity index is 1.61. The predicted molar refractivity (Wildman–Crippen MR) is 126 cm³/mol. The maximum absolute atomic E-state index is 12.9. The zero-order valence-electron chi connectivity index (χ0n) is 18.4. The zero-order chi connectivity index (χ0) is 23.2. The Bertz CT molecular complexity index is 1300. The number of nitrogens with one attached hydrogen (secondary N) is 3. The van der Waals surface area contributed by atoms with Crippen molar-refractivity contribution in [1.29, 1.82) is 0 Å². The van der Waals surface area contributed by atoms with E-state index in [1.54, 1.807) is 12.6 Å². The van der Waals surface area contributed by atoms with Crippen LogP contribution in [0.15, 0.2) is 54.6 Å². The van der Waals surface area contributed by atoms with Gasteiger partial charge in [0.25, 0.3) is 5.91 Å². The summed E-state index contributed by atoms with van der Waals surface area (Å²) in [7, 11) is 1.62. The minimum atomic E-state index is -0.402. The molecule has 0 radical (unpaired) electrons. The number of H-pyrrole nitrogens is 1. The number of ether oxygens (including phenoxy) is 1. The molecule has 4 aromatic rings. The molecule has 0 aliphatic heterocycles. The number of aromatic nitrogens is 2. The summed E-state index contributed by atoms with van der Waals surface area (Å²) < 4.78 is 5.38. The Morgan fingerprint density at radius 1 is 1.03 bits per heavy atom. The van der Waals surface area contributed by atoms with Crippen molar-refractivity contribution in [3.05, 3.63) is 60.3 Å². The molecule has 0 unspecified atom stereocenters. The Morgan fingerprint density at radius 3 is 2.70 bits per heavy atom. The van der Waals surface area contributed by atoms with Crippen LogP contribution in [0, 0.1) is 0 Å². The first-order chi connectivity index (χ1) is 16.1. The van der Waals surface area contributed by atoms with Crippen LogP contribution >= 0.6 is 0 Å². The smallest absolute Gasteiger partial charge is 0.269 e. The number of methoxy groups -OCH3 is 1. The number of carbonyl (C=O) groups is 2. The van der Waals surface area contributed by atoms with E-state index in [-0.39, 0.29) is 12.3 Å². The number of rotatable bonds is 9. The lowest BCUT2D eigenvalue weighted by Gasteiger charge is -2.09. The fraction of sp³-hybridized carbons (Fsp3) is 0.240. The van der Waals surface area contributed by atoms with Crippen LogP contribution in [0.5, 0.6) is 5.75 Å². The second kappa shape index (κ2) is 10.1. The Kier molecular flexibility index (Phi) is 6.85. The number of nitrogens with zero attached hydrogens (tertiary/aromatic N) is 1. The summed E-state index contributed by atoms with van der Waals surface area (Å²) in [5.74, 6) is 0.0584. The second-order valence-corrected chi connectivity index (χ2v) is 7.78. The third-order valence-corrected chi connectivity index (χ3v) is 5.56. The Hall–Kier alpha value is -3.91. The predicted octanol–water partition coefficient (Wildman–Crippen LogP) is 4.19. The summed E-state index contributed by atoms with van der Waals surface area (Å²) in [4.78, 5) is 32.1. The number of amides is 2.